The summed E-state index contributed by atoms with van der Waals surface area (Å²) >= 11 is 5.90. The van der Waals surface area contributed by atoms with Crippen LogP contribution in [0.3, 0.4) is 0 Å². The number of nitro benzene ring substituents is 1. The average molecular weight is 319 g/mol. The molecule has 1 N–H and O–H groups in total. The van der Waals surface area contributed by atoms with E-state index in [9.17, 15) is 14.9 Å². The zero-order valence-electron chi connectivity index (χ0n) is 12.0. The van der Waals surface area contributed by atoms with Gasteiger partial charge in [0.15, 0.2) is 0 Å². The molecule has 0 spiro atoms. The minimum absolute atomic E-state index is 0.0532. The van der Waals surface area contributed by atoms with Gasteiger partial charge in [-0.1, -0.05) is 29.8 Å². The predicted molar refractivity (Wildman–Crippen MR) is 85.3 cm³/mol. The molecule has 22 heavy (non-hydrogen) atoms. The van der Waals surface area contributed by atoms with Crippen LogP contribution in [0.2, 0.25) is 5.02 Å². The minimum atomic E-state index is -0.488. The molecule has 0 aliphatic rings. The monoisotopic (exact) mass is 318 g/mol. The lowest BCUT2D eigenvalue weighted by Crippen LogP contribution is -2.26. The average Bonchev–Trinajstić information content (AvgIpc) is 2.47. The van der Waals surface area contributed by atoms with Gasteiger partial charge in [-0.25, -0.2) is 0 Å². The summed E-state index contributed by atoms with van der Waals surface area (Å²) < 4.78 is 0. The number of nitrogens with zero attached hydrogens (tertiary/aromatic N) is 1. The van der Waals surface area contributed by atoms with Crippen molar-refractivity contribution >= 4 is 23.2 Å². The number of amides is 1. The number of benzene rings is 2. The lowest BCUT2D eigenvalue weighted by atomic mass is 10.1. The molecule has 0 heterocycles. The molecule has 6 heteroatoms. The summed E-state index contributed by atoms with van der Waals surface area (Å²) in [6.45, 7) is 2.01. The molecule has 2 aromatic carbocycles. The normalized spacial score (nSPS) is 10.3. The van der Waals surface area contributed by atoms with Gasteiger partial charge in [-0.3, -0.25) is 14.9 Å². The van der Waals surface area contributed by atoms with E-state index in [4.69, 9.17) is 11.6 Å². The van der Waals surface area contributed by atoms with Gasteiger partial charge in [0.2, 0.25) is 0 Å². The highest BCUT2D eigenvalue weighted by atomic mass is 35.5. The molecule has 0 aliphatic carbocycles. The Labute approximate surface area is 133 Å². The van der Waals surface area contributed by atoms with Crippen molar-refractivity contribution in [1.29, 1.82) is 0 Å². The van der Waals surface area contributed by atoms with Crippen LogP contribution in [0, 0.1) is 17.0 Å². The van der Waals surface area contributed by atoms with Gasteiger partial charge in [-0.2, -0.15) is 0 Å². The van der Waals surface area contributed by atoms with Crippen LogP contribution in [0.5, 0.6) is 0 Å². The molecule has 114 valence electrons. The molecule has 0 unspecified atom stereocenters. The van der Waals surface area contributed by atoms with E-state index in [0.29, 0.717) is 29.1 Å². The second-order valence-corrected chi connectivity index (χ2v) is 5.28. The molecule has 1 amide bonds. The third kappa shape index (κ3) is 3.83. The molecule has 0 aliphatic heterocycles. The maximum absolute atomic E-state index is 12.1. The largest absolute Gasteiger partial charge is 0.352 e. The molecule has 0 radical (unpaired) electrons. The maximum atomic E-state index is 12.1. The summed E-state index contributed by atoms with van der Waals surface area (Å²) in [4.78, 5) is 22.5. The van der Waals surface area contributed by atoms with E-state index in [1.807, 2.05) is 18.2 Å². The van der Waals surface area contributed by atoms with Crippen molar-refractivity contribution in [3.05, 3.63) is 74.3 Å². The van der Waals surface area contributed by atoms with Gasteiger partial charge in [0.05, 0.1) is 4.92 Å². The molecule has 0 saturated carbocycles. The van der Waals surface area contributed by atoms with Crippen LogP contribution in [-0.2, 0) is 6.42 Å². The van der Waals surface area contributed by atoms with Gasteiger partial charge >= 0.3 is 0 Å². The van der Waals surface area contributed by atoms with E-state index in [-0.39, 0.29) is 11.6 Å². The molecule has 2 rings (SSSR count). The van der Waals surface area contributed by atoms with E-state index in [2.05, 4.69) is 5.32 Å². The second kappa shape index (κ2) is 7.04. The molecule has 0 atom stereocenters. The van der Waals surface area contributed by atoms with Crippen LogP contribution >= 0.6 is 11.6 Å². The topological polar surface area (TPSA) is 72.2 Å². The zero-order chi connectivity index (χ0) is 16.1. The molecule has 0 fully saturated rings. The standard InChI is InChI=1S/C16H15ClN2O3/c1-11-14(6-3-7-15(11)19(21)22)16(20)18-9-8-12-4-2-5-13(17)10-12/h2-7,10H,8-9H2,1H3,(H,18,20). The van der Waals surface area contributed by atoms with Gasteiger partial charge in [0.1, 0.15) is 0 Å². The van der Waals surface area contributed by atoms with E-state index in [0.717, 1.165) is 5.56 Å². The molecule has 0 saturated heterocycles. The summed E-state index contributed by atoms with van der Waals surface area (Å²) in [5.74, 6) is -0.316. The van der Waals surface area contributed by atoms with Crippen molar-refractivity contribution in [3.8, 4) is 0 Å². The van der Waals surface area contributed by atoms with Gasteiger partial charge < -0.3 is 5.32 Å². The third-order valence-corrected chi connectivity index (χ3v) is 3.57. The second-order valence-electron chi connectivity index (χ2n) is 4.84. The van der Waals surface area contributed by atoms with Gasteiger partial charge in [-0.05, 0) is 37.1 Å². The Kier molecular flexibility index (Phi) is 5.12. The summed E-state index contributed by atoms with van der Waals surface area (Å²) in [5.41, 5.74) is 1.65. The van der Waals surface area contributed by atoms with E-state index >= 15 is 0 Å². The highest BCUT2D eigenvalue weighted by molar-refractivity contribution is 6.30. The van der Waals surface area contributed by atoms with Crippen molar-refractivity contribution in [3.63, 3.8) is 0 Å². The highest BCUT2D eigenvalue weighted by Gasteiger charge is 2.17. The van der Waals surface area contributed by atoms with Crippen LogP contribution in [0.15, 0.2) is 42.5 Å². The van der Waals surface area contributed by atoms with Crippen LogP contribution in [0.25, 0.3) is 0 Å². The van der Waals surface area contributed by atoms with Crippen LogP contribution in [0.4, 0.5) is 5.69 Å². The summed E-state index contributed by atoms with van der Waals surface area (Å²) in [5, 5.41) is 14.3. The first kappa shape index (κ1) is 16.0. The van der Waals surface area contributed by atoms with Gasteiger partial charge in [0.25, 0.3) is 11.6 Å². The van der Waals surface area contributed by atoms with Crippen molar-refractivity contribution in [2.45, 2.75) is 13.3 Å². The van der Waals surface area contributed by atoms with E-state index in [1.54, 1.807) is 19.1 Å². The fourth-order valence-electron chi connectivity index (χ4n) is 2.18. The van der Waals surface area contributed by atoms with Crippen molar-refractivity contribution < 1.29 is 9.72 Å². The van der Waals surface area contributed by atoms with Gasteiger partial charge in [-0.15, -0.1) is 0 Å². The first-order valence-electron chi connectivity index (χ1n) is 6.75. The first-order chi connectivity index (χ1) is 10.5. The van der Waals surface area contributed by atoms with Crippen LogP contribution in [-0.4, -0.2) is 17.4 Å². The lowest BCUT2D eigenvalue weighted by molar-refractivity contribution is -0.385. The van der Waals surface area contributed by atoms with E-state index in [1.165, 1.54) is 12.1 Å². The molecular formula is C16H15ClN2O3. The lowest BCUT2D eigenvalue weighted by Gasteiger charge is -2.08. The Morgan fingerprint density at radius 1 is 1.27 bits per heavy atom. The molecular weight excluding hydrogens is 304 g/mol. The highest BCUT2D eigenvalue weighted by Crippen LogP contribution is 2.20. The van der Waals surface area contributed by atoms with Crippen LogP contribution < -0.4 is 5.32 Å². The Morgan fingerprint density at radius 2 is 2.00 bits per heavy atom. The summed E-state index contributed by atoms with van der Waals surface area (Å²) in [6, 6.07) is 11.9. The number of carbonyl (C=O) groups is 1. The van der Waals surface area contributed by atoms with Crippen LogP contribution in [0.1, 0.15) is 21.5 Å². The number of hydrogen-bond donors (Lipinski definition) is 1. The summed E-state index contributed by atoms with van der Waals surface area (Å²) in [6.07, 6.45) is 0.639. The maximum Gasteiger partial charge on any atom is 0.273 e. The minimum Gasteiger partial charge on any atom is -0.352 e. The Balaban J connectivity index is 2.01. The van der Waals surface area contributed by atoms with Crippen molar-refractivity contribution in [2.24, 2.45) is 0 Å². The fourth-order valence-corrected chi connectivity index (χ4v) is 2.39. The number of carbonyl (C=O) groups excluding carboxylic acids is 1. The Hall–Kier alpha value is -2.40. The molecule has 2 aromatic rings. The van der Waals surface area contributed by atoms with Crippen molar-refractivity contribution in [1.82, 2.24) is 5.32 Å². The first-order valence-corrected chi connectivity index (χ1v) is 7.13. The summed E-state index contributed by atoms with van der Waals surface area (Å²) in [7, 11) is 0. The quantitative estimate of drug-likeness (QED) is 0.677. The van der Waals surface area contributed by atoms with Crippen molar-refractivity contribution in [2.75, 3.05) is 6.54 Å². The SMILES string of the molecule is Cc1c(C(=O)NCCc2cccc(Cl)c2)cccc1[N+](=O)[O-]. The Bertz CT molecular complexity index is 716. The number of nitro groups is 1. The fraction of sp³-hybridized carbons (Fsp3) is 0.188. The number of rotatable bonds is 5. The number of nitrogens with one attached hydrogen (secondary N) is 1. The zero-order valence-corrected chi connectivity index (χ0v) is 12.8. The van der Waals surface area contributed by atoms with Gasteiger partial charge in [0, 0.05) is 28.8 Å². The third-order valence-electron chi connectivity index (χ3n) is 3.33. The number of halogens is 1. The molecule has 0 aromatic heterocycles. The number of hydrogen-bond acceptors (Lipinski definition) is 3. The van der Waals surface area contributed by atoms with E-state index < -0.39 is 4.92 Å². The smallest absolute Gasteiger partial charge is 0.273 e. The predicted octanol–water partition coefficient (Wildman–Crippen LogP) is 3.53. The Morgan fingerprint density at radius 3 is 2.68 bits per heavy atom. The molecule has 5 nitrogen and oxygen atoms in total. The molecule has 0 bridgehead atoms.